The second-order valence-corrected chi connectivity index (χ2v) is 10.5. The van der Waals surface area contributed by atoms with E-state index in [1.807, 2.05) is 54.6 Å². The lowest BCUT2D eigenvalue weighted by Crippen LogP contribution is -2.54. The molecular weight excluding hydrogens is 552 g/mol. The van der Waals surface area contributed by atoms with Crippen molar-refractivity contribution in [3.05, 3.63) is 131 Å². The number of hydrogen-bond donors (Lipinski definition) is 2. The van der Waals surface area contributed by atoms with E-state index in [0.717, 1.165) is 40.5 Å². The third-order valence-corrected chi connectivity index (χ3v) is 7.54. The van der Waals surface area contributed by atoms with Crippen LogP contribution in [0.4, 0.5) is 8.78 Å². The van der Waals surface area contributed by atoms with E-state index in [-0.39, 0.29) is 24.4 Å². The molecule has 1 aliphatic rings. The Morgan fingerprint density at radius 2 is 1.58 bits per heavy atom. The van der Waals surface area contributed by atoms with Crippen LogP contribution >= 0.6 is 0 Å². The predicted molar refractivity (Wildman–Crippen MR) is 155 cm³/mol. The molecule has 2 N–H and O–H groups in total. The molecule has 10 heteroatoms. The van der Waals surface area contributed by atoms with Crippen LogP contribution in [0.25, 0.3) is 0 Å². The molecule has 8 nitrogen and oxygen atoms in total. The Hall–Kier alpha value is -4.99. The molecule has 0 spiro atoms. The maximum Gasteiger partial charge on any atom is 0.246 e. The summed E-state index contributed by atoms with van der Waals surface area (Å²) < 4.78 is 27.1. The molecule has 0 saturated heterocycles. The van der Waals surface area contributed by atoms with Gasteiger partial charge in [-0.15, -0.1) is 0 Å². The Morgan fingerprint density at radius 1 is 0.907 bits per heavy atom. The highest BCUT2D eigenvalue weighted by molar-refractivity contribution is 6.01. The number of halogens is 2. The molecule has 0 saturated carbocycles. The second-order valence-electron chi connectivity index (χ2n) is 10.5. The standard InChI is InChI=1S/C33H31F2N5O3/c1-21(31(41)38-17-23-13-26(34)16-27(35)14-23)32(42)39-29(15-22-7-3-2-4-8-22)33(43)40-12-11-24-9-5-6-10-28(24)30(40)25-18-36-20-37-19-25/h2-10,13-14,16,18-21,29-30H,11-12,15,17H2,1H3,(H,38,41)(H,39,42). The first-order chi connectivity index (χ1) is 20.8. The normalized spacial score (nSPS) is 15.6. The molecule has 0 radical (unpaired) electrons. The Bertz CT molecular complexity index is 1580. The van der Waals surface area contributed by atoms with Gasteiger partial charge in [-0.05, 0) is 47.7 Å². The van der Waals surface area contributed by atoms with Crippen LogP contribution in [0, 0.1) is 17.6 Å². The van der Waals surface area contributed by atoms with Crippen LogP contribution in [0.15, 0.2) is 91.5 Å². The van der Waals surface area contributed by atoms with Crippen LogP contribution < -0.4 is 10.6 Å². The van der Waals surface area contributed by atoms with Crippen molar-refractivity contribution in [2.45, 2.75) is 38.4 Å². The number of hydrogen-bond acceptors (Lipinski definition) is 5. The number of aromatic nitrogens is 2. The fourth-order valence-corrected chi connectivity index (χ4v) is 5.34. The molecule has 5 rings (SSSR count). The lowest BCUT2D eigenvalue weighted by atomic mass is 9.88. The Morgan fingerprint density at radius 3 is 2.30 bits per heavy atom. The molecule has 0 bridgehead atoms. The van der Waals surface area contributed by atoms with Gasteiger partial charge in [-0.2, -0.15) is 0 Å². The molecule has 3 atom stereocenters. The number of amides is 3. The van der Waals surface area contributed by atoms with Gasteiger partial charge in [0.2, 0.25) is 17.7 Å². The predicted octanol–water partition coefficient (Wildman–Crippen LogP) is 3.91. The summed E-state index contributed by atoms with van der Waals surface area (Å²) in [6.07, 6.45) is 5.64. The number of carbonyl (C=O) groups is 3. The minimum absolute atomic E-state index is 0.161. The monoisotopic (exact) mass is 583 g/mol. The molecule has 0 aliphatic carbocycles. The maximum atomic E-state index is 14.3. The van der Waals surface area contributed by atoms with Gasteiger partial charge in [0.25, 0.3) is 0 Å². The van der Waals surface area contributed by atoms with Crippen LogP contribution in [0.3, 0.4) is 0 Å². The van der Waals surface area contributed by atoms with Crippen molar-refractivity contribution in [2.24, 2.45) is 5.92 Å². The molecule has 3 unspecified atom stereocenters. The average Bonchev–Trinajstić information content (AvgIpc) is 3.02. The van der Waals surface area contributed by atoms with E-state index in [2.05, 4.69) is 20.6 Å². The van der Waals surface area contributed by atoms with Crippen molar-refractivity contribution >= 4 is 17.7 Å². The highest BCUT2D eigenvalue weighted by Crippen LogP contribution is 2.35. The van der Waals surface area contributed by atoms with Gasteiger partial charge < -0.3 is 15.5 Å². The van der Waals surface area contributed by atoms with Gasteiger partial charge in [0, 0.05) is 43.5 Å². The summed E-state index contributed by atoms with van der Waals surface area (Å²) >= 11 is 0. The highest BCUT2D eigenvalue weighted by atomic mass is 19.1. The van der Waals surface area contributed by atoms with E-state index in [9.17, 15) is 23.2 Å². The van der Waals surface area contributed by atoms with Crippen molar-refractivity contribution in [2.75, 3.05) is 6.54 Å². The zero-order valence-electron chi connectivity index (χ0n) is 23.5. The number of fused-ring (bicyclic) bond motifs is 1. The second kappa shape index (κ2) is 13.3. The van der Waals surface area contributed by atoms with Crippen molar-refractivity contribution in [1.29, 1.82) is 0 Å². The molecule has 1 aliphatic heterocycles. The van der Waals surface area contributed by atoms with Crippen LogP contribution in [-0.2, 0) is 33.8 Å². The van der Waals surface area contributed by atoms with Gasteiger partial charge in [-0.1, -0.05) is 54.6 Å². The minimum Gasteiger partial charge on any atom is -0.351 e. The molecule has 4 aromatic rings. The molecule has 0 fully saturated rings. The van der Waals surface area contributed by atoms with Crippen molar-refractivity contribution < 1.29 is 23.2 Å². The van der Waals surface area contributed by atoms with Gasteiger partial charge in [-0.3, -0.25) is 14.4 Å². The highest BCUT2D eigenvalue weighted by Gasteiger charge is 2.37. The summed E-state index contributed by atoms with van der Waals surface area (Å²) in [5.41, 5.74) is 3.88. The first-order valence-corrected chi connectivity index (χ1v) is 14.0. The summed E-state index contributed by atoms with van der Waals surface area (Å²) in [4.78, 5) is 50.6. The number of carbonyl (C=O) groups excluding carboxylic acids is 3. The topological polar surface area (TPSA) is 104 Å². The molecule has 43 heavy (non-hydrogen) atoms. The summed E-state index contributed by atoms with van der Waals surface area (Å²) in [6.45, 7) is 1.67. The largest absolute Gasteiger partial charge is 0.351 e. The molecule has 3 aromatic carbocycles. The van der Waals surface area contributed by atoms with E-state index < -0.39 is 41.5 Å². The number of nitrogens with one attached hydrogen (secondary N) is 2. The van der Waals surface area contributed by atoms with Crippen LogP contribution in [-0.4, -0.2) is 45.2 Å². The summed E-state index contributed by atoms with van der Waals surface area (Å²) in [5.74, 6) is -4.29. The van der Waals surface area contributed by atoms with E-state index in [0.29, 0.717) is 13.0 Å². The SMILES string of the molecule is CC(C(=O)NCc1cc(F)cc(F)c1)C(=O)NC(Cc1ccccc1)C(=O)N1CCc2ccccc2C1c1cncnc1. The van der Waals surface area contributed by atoms with Crippen LogP contribution in [0.1, 0.15) is 40.8 Å². The third-order valence-electron chi connectivity index (χ3n) is 7.54. The van der Waals surface area contributed by atoms with Gasteiger partial charge in [0.1, 0.15) is 29.9 Å². The average molecular weight is 584 g/mol. The number of nitrogens with zero attached hydrogens (tertiary/aromatic N) is 3. The fourth-order valence-electron chi connectivity index (χ4n) is 5.34. The molecule has 2 heterocycles. The smallest absolute Gasteiger partial charge is 0.246 e. The van der Waals surface area contributed by atoms with Crippen molar-refractivity contribution in [3.8, 4) is 0 Å². The zero-order chi connectivity index (χ0) is 30.3. The molecule has 3 amide bonds. The van der Waals surface area contributed by atoms with E-state index in [1.165, 1.54) is 13.3 Å². The van der Waals surface area contributed by atoms with E-state index in [1.54, 1.807) is 17.3 Å². The molecular formula is C33H31F2N5O3. The van der Waals surface area contributed by atoms with Crippen LogP contribution in [0.2, 0.25) is 0 Å². The van der Waals surface area contributed by atoms with Crippen molar-refractivity contribution in [3.63, 3.8) is 0 Å². The summed E-state index contributed by atoms with van der Waals surface area (Å²) in [5, 5.41) is 5.36. The Labute approximate surface area is 248 Å². The minimum atomic E-state index is -1.18. The lowest BCUT2D eigenvalue weighted by molar-refractivity contribution is -0.141. The molecule has 220 valence electrons. The first-order valence-electron chi connectivity index (χ1n) is 14.0. The Balaban J connectivity index is 1.37. The van der Waals surface area contributed by atoms with Crippen molar-refractivity contribution in [1.82, 2.24) is 25.5 Å². The van der Waals surface area contributed by atoms with Gasteiger partial charge in [0.05, 0.1) is 6.04 Å². The zero-order valence-corrected chi connectivity index (χ0v) is 23.5. The summed E-state index contributed by atoms with van der Waals surface area (Å²) in [6, 6.07) is 18.7. The number of rotatable bonds is 9. The van der Waals surface area contributed by atoms with Gasteiger partial charge in [0.15, 0.2) is 0 Å². The maximum absolute atomic E-state index is 14.3. The van der Waals surface area contributed by atoms with Crippen LogP contribution in [0.5, 0.6) is 0 Å². The van der Waals surface area contributed by atoms with E-state index >= 15 is 0 Å². The summed E-state index contributed by atoms with van der Waals surface area (Å²) in [7, 11) is 0. The number of benzene rings is 3. The third kappa shape index (κ3) is 7.09. The lowest BCUT2D eigenvalue weighted by Gasteiger charge is -2.39. The van der Waals surface area contributed by atoms with E-state index in [4.69, 9.17) is 0 Å². The van der Waals surface area contributed by atoms with Gasteiger partial charge >= 0.3 is 0 Å². The quantitative estimate of drug-likeness (QED) is 0.291. The van der Waals surface area contributed by atoms with Gasteiger partial charge in [-0.25, -0.2) is 18.7 Å². The molecule has 1 aromatic heterocycles. The fraction of sp³-hybridized carbons (Fsp3) is 0.242. The Kier molecular flexibility index (Phi) is 9.14. The first kappa shape index (κ1) is 29.5.